The van der Waals surface area contributed by atoms with E-state index in [1.807, 2.05) is 6.07 Å². The first-order valence-electron chi connectivity index (χ1n) is 8.15. The molecule has 2 fully saturated rings. The van der Waals surface area contributed by atoms with E-state index in [9.17, 15) is 8.42 Å². The van der Waals surface area contributed by atoms with Crippen molar-refractivity contribution in [3.63, 3.8) is 0 Å². The summed E-state index contributed by atoms with van der Waals surface area (Å²) < 4.78 is 33.9. The first-order valence-corrected chi connectivity index (χ1v) is 9.54. The molecule has 1 aromatic heterocycles. The molecule has 3 heterocycles. The Morgan fingerprint density at radius 1 is 0.909 bits per heavy atom. The SMILES string of the molecule is O=S(=O)(N1CCCCC1)N1CCCN(Cc2ccoc2)CC1. The molecule has 0 amide bonds. The zero-order valence-corrected chi connectivity index (χ0v) is 13.8. The maximum absolute atomic E-state index is 12.7. The molecule has 2 saturated heterocycles. The van der Waals surface area contributed by atoms with Gasteiger partial charge in [0, 0.05) is 44.8 Å². The first kappa shape index (κ1) is 16.0. The summed E-state index contributed by atoms with van der Waals surface area (Å²) in [6, 6.07) is 1.97. The quantitative estimate of drug-likeness (QED) is 0.841. The molecule has 22 heavy (non-hydrogen) atoms. The largest absolute Gasteiger partial charge is 0.472 e. The highest BCUT2D eigenvalue weighted by molar-refractivity contribution is 7.86. The van der Waals surface area contributed by atoms with Gasteiger partial charge in [-0.15, -0.1) is 0 Å². The van der Waals surface area contributed by atoms with Gasteiger partial charge < -0.3 is 4.42 Å². The molecule has 124 valence electrons. The molecule has 0 bridgehead atoms. The zero-order valence-electron chi connectivity index (χ0n) is 13.0. The number of rotatable bonds is 4. The minimum Gasteiger partial charge on any atom is -0.472 e. The summed E-state index contributed by atoms with van der Waals surface area (Å²) in [5, 5.41) is 0. The second-order valence-corrected chi connectivity index (χ2v) is 8.06. The Morgan fingerprint density at radius 3 is 2.36 bits per heavy atom. The third-order valence-electron chi connectivity index (χ3n) is 4.50. The number of furan rings is 1. The second kappa shape index (κ2) is 7.12. The molecular formula is C15H25N3O3S. The van der Waals surface area contributed by atoms with E-state index >= 15 is 0 Å². The Balaban J connectivity index is 1.59. The van der Waals surface area contributed by atoms with Crippen LogP contribution in [0.4, 0.5) is 0 Å². The smallest absolute Gasteiger partial charge is 0.282 e. The van der Waals surface area contributed by atoms with Crippen molar-refractivity contribution in [3.8, 4) is 0 Å². The van der Waals surface area contributed by atoms with E-state index in [0.717, 1.165) is 50.9 Å². The van der Waals surface area contributed by atoms with Gasteiger partial charge in [0.25, 0.3) is 10.2 Å². The number of piperidine rings is 1. The maximum Gasteiger partial charge on any atom is 0.282 e. The Hall–Kier alpha value is -0.890. The van der Waals surface area contributed by atoms with Crippen molar-refractivity contribution < 1.29 is 12.8 Å². The fraction of sp³-hybridized carbons (Fsp3) is 0.733. The normalized spacial score (nSPS) is 23.5. The molecular weight excluding hydrogens is 302 g/mol. The highest BCUT2D eigenvalue weighted by atomic mass is 32.2. The summed E-state index contributed by atoms with van der Waals surface area (Å²) in [6.07, 6.45) is 7.43. The molecule has 0 unspecified atom stereocenters. The van der Waals surface area contributed by atoms with Crippen molar-refractivity contribution in [2.24, 2.45) is 0 Å². The van der Waals surface area contributed by atoms with Crippen molar-refractivity contribution in [2.75, 3.05) is 39.3 Å². The van der Waals surface area contributed by atoms with E-state index in [1.165, 1.54) is 0 Å². The Labute approximate surface area is 132 Å². The summed E-state index contributed by atoms with van der Waals surface area (Å²) in [4.78, 5) is 2.30. The van der Waals surface area contributed by atoms with Crippen LogP contribution in [0.2, 0.25) is 0 Å². The first-order chi connectivity index (χ1) is 10.7. The zero-order chi connectivity index (χ0) is 15.4. The molecule has 0 atom stereocenters. The lowest BCUT2D eigenvalue weighted by Crippen LogP contribution is -2.47. The van der Waals surface area contributed by atoms with Crippen LogP contribution in [0.1, 0.15) is 31.2 Å². The minimum absolute atomic E-state index is 0.580. The molecule has 0 aliphatic carbocycles. The molecule has 0 N–H and O–H groups in total. The second-order valence-electron chi connectivity index (χ2n) is 6.13. The summed E-state index contributed by atoms with van der Waals surface area (Å²) >= 11 is 0. The third-order valence-corrected chi connectivity index (χ3v) is 6.54. The maximum atomic E-state index is 12.7. The van der Waals surface area contributed by atoms with E-state index in [0.29, 0.717) is 26.2 Å². The summed E-state index contributed by atoms with van der Waals surface area (Å²) in [6.45, 7) is 5.09. The van der Waals surface area contributed by atoms with Crippen LogP contribution in [0.3, 0.4) is 0 Å². The van der Waals surface area contributed by atoms with Gasteiger partial charge >= 0.3 is 0 Å². The molecule has 7 heteroatoms. The average molecular weight is 327 g/mol. The van der Waals surface area contributed by atoms with Gasteiger partial charge in [-0.05, 0) is 31.9 Å². The van der Waals surface area contributed by atoms with Crippen LogP contribution in [0.25, 0.3) is 0 Å². The Kier molecular flexibility index (Phi) is 5.18. The van der Waals surface area contributed by atoms with E-state index < -0.39 is 10.2 Å². The summed E-state index contributed by atoms with van der Waals surface area (Å²) in [5.74, 6) is 0. The highest BCUT2D eigenvalue weighted by Crippen LogP contribution is 2.18. The van der Waals surface area contributed by atoms with Gasteiger partial charge in [0.2, 0.25) is 0 Å². The molecule has 0 radical (unpaired) electrons. The molecule has 2 aliphatic rings. The van der Waals surface area contributed by atoms with Crippen LogP contribution in [-0.2, 0) is 16.8 Å². The lowest BCUT2D eigenvalue weighted by molar-refractivity contribution is 0.271. The predicted molar refractivity (Wildman–Crippen MR) is 84.5 cm³/mol. The lowest BCUT2D eigenvalue weighted by Gasteiger charge is -2.31. The summed E-state index contributed by atoms with van der Waals surface area (Å²) in [5.41, 5.74) is 1.15. The van der Waals surface area contributed by atoms with Crippen molar-refractivity contribution >= 4 is 10.2 Å². The number of nitrogens with zero attached hydrogens (tertiary/aromatic N) is 3. The van der Waals surface area contributed by atoms with Gasteiger partial charge in [-0.25, -0.2) is 0 Å². The van der Waals surface area contributed by atoms with E-state index in [4.69, 9.17) is 4.42 Å². The van der Waals surface area contributed by atoms with Crippen LogP contribution in [0, 0.1) is 0 Å². The molecule has 6 nitrogen and oxygen atoms in total. The molecule has 0 aromatic carbocycles. The third kappa shape index (κ3) is 3.71. The molecule has 2 aliphatic heterocycles. The minimum atomic E-state index is -3.27. The molecule has 0 saturated carbocycles. The van der Waals surface area contributed by atoms with Crippen LogP contribution in [-0.4, -0.2) is 61.2 Å². The average Bonchev–Trinajstić information content (AvgIpc) is 2.92. The van der Waals surface area contributed by atoms with Crippen molar-refractivity contribution in [1.82, 2.24) is 13.5 Å². The van der Waals surface area contributed by atoms with Crippen molar-refractivity contribution in [2.45, 2.75) is 32.2 Å². The van der Waals surface area contributed by atoms with Gasteiger partial charge in [0.1, 0.15) is 0 Å². The van der Waals surface area contributed by atoms with Crippen LogP contribution < -0.4 is 0 Å². The van der Waals surface area contributed by atoms with Gasteiger partial charge in [-0.2, -0.15) is 17.0 Å². The summed E-state index contributed by atoms with van der Waals surface area (Å²) in [7, 11) is -3.27. The van der Waals surface area contributed by atoms with Crippen molar-refractivity contribution in [3.05, 3.63) is 24.2 Å². The van der Waals surface area contributed by atoms with E-state index in [2.05, 4.69) is 4.90 Å². The van der Waals surface area contributed by atoms with Crippen LogP contribution >= 0.6 is 0 Å². The fourth-order valence-corrected chi connectivity index (χ4v) is 4.95. The molecule has 0 spiro atoms. The predicted octanol–water partition coefficient (Wildman–Crippen LogP) is 1.52. The van der Waals surface area contributed by atoms with Gasteiger partial charge in [-0.3, -0.25) is 4.90 Å². The number of hydrogen-bond acceptors (Lipinski definition) is 4. The standard InChI is InChI=1S/C15H25N3O3S/c19-22(20,17-7-2-1-3-8-17)18-9-4-6-16(10-11-18)13-15-5-12-21-14-15/h5,12,14H,1-4,6-11,13H2. The Morgan fingerprint density at radius 2 is 1.64 bits per heavy atom. The lowest BCUT2D eigenvalue weighted by atomic mass is 10.2. The van der Waals surface area contributed by atoms with Gasteiger partial charge in [0.15, 0.2) is 0 Å². The number of hydrogen-bond donors (Lipinski definition) is 0. The van der Waals surface area contributed by atoms with Crippen molar-refractivity contribution in [1.29, 1.82) is 0 Å². The van der Waals surface area contributed by atoms with Gasteiger partial charge in [0.05, 0.1) is 12.5 Å². The molecule has 3 rings (SSSR count). The monoisotopic (exact) mass is 327 g/mol. The van der Waals surface area contributed by atoms with Crippen LogP contribution in [0.15, 0.2) is 23.0 Å². The van der Waals surface area contributed by atoms with Crippen LogP contribution in [0.5, 0.6) is 0 Å². The highest BCUT2D eigenvalue weighted by Gasteiger charge is 2.31. The fourth-order valence-electron chi connectivity index (χ4n) is 3.24. The van der Waals surface area contributed by atoms with E-state index in [-0.39, 0.29) is 0 Å². The van der Waals surface area contributed by atoms with E-state index in [1.54, 1.807) is 21.1 Å². The topological polar surface area (TPSA) is 57.0 Å². The van der Waals surface area contributed by atoms with Gasteiger partial charge in [-0.1, -0.05) is 6.42 Å². The molecule has 1 aromatic rings. The Bertz CT molecular complexity index is 553.